The summed E-state index contributed by atoms with van der Waals surface area (Å²) in [4.78, 5) is 47.8. The second-order valence-corrected chi connectivity index (χ2v) is 6.43. The van der Waals surface area contributed by atoms with Gasteiger partial charge in [-0.25, -0.2) is 14.5 Å². The number of amides is 3. The van der Waals surface area contributed by atoms with Crippen molar-refractivity contribution in [3.8, 4) is 11.5 Å². The topological polar surface area (TPSA) is 120 Å². The van der Waals surface area contributed by atoms with E-state index in [0.717, 1.165) is 12.0 Å². The van der Waals surface area contributed by atoms with Gasteiger partial charge in [0.1, 0.15) is 12.2 Å². The Morgan fingerprint density at radius 1 is 1.10 bits per heavy atom. The molecule has 1 saturated heterocycles. The SMILES string of the molecule is CCOc1cc(/C=C2/NC(=O)N(CC(=O)OC)C2=O)c(Br)cc1OCC(=O)OC. The molecule has 3 amide bonds. The number of methoxy groups -OCH3 is 2. The first-order chi connectivity index (χ1) is 13.8. The van der Waals surface area contributed by atoms with Crippen LogP contribution >= 0.6 is 15.9 Å². The zero-order valence-corrected chi connectivity index (χ0v) is 17.5. The minimum atomic E-state index is -0.731. The maximum absolute atomic E-state index is 12.4. The number of ether oxygens (including phenoxy) is 4. The van der Waals surface area contributed by atoms with Crippen molar-refractivity contribution in [2.45, 2.75) is 6.92 Å². The van der Waals surface area contributed by atoms with Gasteiger partial charge in [-0.1, -0.05) is 15.9 Å². The lowest BCUT2D eigenvalue weighted by atomic mass is 10.1. The number of hydrogen-bond donors (Lipinski definition) is 1. The van der Waals surface area contributed by atoms with Crippen LogP contribution in [0, 0.1) is 0 Å². The number of esters is 2. The molecule has 1 aromatic carbocycles. The summed E-state index contributed by atoms with van der Waals surface area (Å²) < 4.78 is 20.5. The number of hydrogen-bond acceptors (Lipinski definition) is 8. The molecule has 0 aromatic heterocycles. The van der Waals surface area contributed by atoms with Crippen molar-refractivity contribution in [1.82, 2.24) is 10.2 Å². The average molecular weight is 471 g/mol. The summed E-state index contributed by atoms with van der Waals surface area (Å²) >= 11 is 3.36. The fourth-order valence-electron chi connectivity index (χ4n) is 2.30. The summed E-state index contributed by atoms with van der Waals surface area (Å²) in [6, 6.07) is 2.41. The maximum atomic E-state index is 12.4. The second kappa shape index (κ2) is 9.92. The number of rotatable bonds is 8. The number of halogens is 1. The number of nitrogens with one attached hydrogen (secondary N) is 1. The van der Waals surface area contributed by atoms with Crippen molar-refractivity contribution < 1.29 is 38.1 Å². The molecule has 0 aliphatic carbocycles. The highest BCUT2D eigenvalue weighted by atomic mass is 79.9. The first kappa shape index (κ1) is 22.2. The predicted octanol–water partition coefficient (Wildman–Crippen LogP) is 1.47. The summed E-state index contributed by atoms with van der Waals surface area (Å²) in [6.07, 6.45) is 1.42. The number of imide groups is 1. The molecule has 29 heavy (non-hydrogen) atoms. The normalized spacial score (nSPS) is 14.6. The van der Waals surface area contributed by atoms with E-state index in [-0.39, 0.29) is 12.3 Å². The van der Waals surface area contributed by atoms with E-state index in [2.05, 4.69) is 30.7 Å². The van der Waals surface area contributed by atoms with E-state index in [1.54, 1.807) is 19.1 Å². The molecule has 0 unspecified atom stereocenters. The van der Waals surface area contributed by atoms with Crippen LogP contribution in [0.15, 0.2) is 22.3 Å². The Morgan fingerprint density at radius 3 is 2.38 bits per heavy atom. The van der Waals surface area contributed by atoms with Gasteiger partial charge in [0, 0.05) is 4.47 Å². The van der Waals surface area contributed by atoms with E-state index >= 15 is 0 Å². The Kier molecular flexibility index (Phi) is 7.59. The lowest BCUT2D eigenvalue weighted by Crippen LogP contribution is -2.36. The smallest absolute Gasteiger partial charge is 0.343 e. The van der Waals surface area contributed by atoms with Crippen molar-refractivity contribution in [3.05, 3.63) is 27.9 Å². The monoisotopic (exact) mass is 470 g/mol. The molecule has 1 heterocycles. The fourth-order valence-corrected chi connectivity index (χ4v) is 2.74. The minimum Gasteiger partial charge on any atom is -0.490 e. The van der Waals surface area contributed by atoms with Gasteiger partial charge >= 0.3 is 18.0 Å². The van der Waals surface area contributed by atoms with Crippen LogP contribution in [0.25, 0.3) is 6.08 Å². The van der Waals surface area contributed by atoms with Crippen LogP contribution in [0.5, 0.6) is 11.5 Å². The Balaban J connectivity index is 2.31. The van der Waals surface area contributed by atoms with Gasteiger partial charge < -0.3 is 24.3 Å². The molecule has 1 aromatic rings. The Bertz CT molecular complexity index is 868. The van der Waals surface area contributed by atoms with E-state index in [0.29, 0.717) is 28.1 Å². The van der Waals surface area contributed by atoms with E-state index in [4.69, 9.17) is 9.47 Å². The molecule has 1 fully saturated rings. The summed E-state index contributed by atoms with van der Waals surface area (Å²) in [5.41, 5.74) is 0.479. The van der Waals surface area contributed by atoms with Crippen LogP contribution in [0.3, 0.4) is 0 Å². The highest BCUT2D eigenvalue weighted by molar-refractivity contribution is 9.10. The van der Waals surface area contributed by atoms with Crippen LogP contribution in [0.2, 0.25) is 0 Å². The van der Waals surface area contributed by atoms with Gasteiger partial charge in [-0.2, -0.15) is 0 Å². The molecular formula is C18H19BrN2O8. The third-order valence-electron chi connectivity index (χ3n) is 3.71. The number of benzene rings is 1. The zero-order chi connectivity index (χ0) is 21.6. The Morgan fingerprint density at radius 2 is 1.76 bits per heavy atom. The largest absolute Gasteiger partial charge is 0.490 e. The lowest BCUT2D eigenvalue weighted by Gasteiger charge is -2.13. The van der Waals surface area contributed by atoms with Crippen molar-refractivity contribution in [3.63, 3.8) is 0 Å². The van der Waals surface area contributed by atoms with Gasteiger partial charge in [0.25, 0.3) is 5.91 Å². The van der Waals surface area contributed by atoms with Gasteiger partial charge in [0.05, 0.1) is 20.8 Å². The summed E-state index contributed by atoms with van der Waals surface area (Å²) in [5.74, 6) is -1.33. The molecule has 1 aliphatic rings. The molecule has 0 spiro atoms. The summed E-state index contributed by atoms with van der Waals surface area (Å²) in [5, 5.41) is 2.41. The molecular weight excluding hydrogens is 452 g/mol. The van der Waals surface area contributed by atoms with Crippen LogP contribution in [0.1, 0.15) is 12.5 Å². The van der Waals surface area contributed by atoms with E-state index in [9.17, 15) is 19.2 Å². The van der Waals surface area contributed by atoms with E-state index in [1.807, 2.05) is 0 Å². The summed E-state index contributed by atoms with van der Waals surface area (Å²) in [7, 11) is 2.41. The number of carbonyl (C=O) groups is 4. The van der Waals surface area contributed by atoms with E-state index in [1.165, 1.54) is 13.2 Å². The van der Waals surface area contributed by atoms with E-state index < -0.39 is 30.4 Å². The molecule has 10 nitrogen and oxygen atoms in total. The van der Waals surface area contributed by atoms with Crippen molar-refractivity contribution >= 4 is 45.9 Å². The quantitative estimate of drug-likeness (QED) is 0.344. The first-order valence-corrected chi connectivity index (χ1v) is 9.17. The van der Waals surface area contributed by atoms with Crippen LogP contribution in [0.4, 0.5) is 4.79 Å². The van der Waals surface area contributed by atoms with Gasteiger partial charge in [-0.3, -0.25) is 9.59 Å². The molecule has 156 valence electrons. The van der Waals surface area contributed by atoms with Gasteiger partial charge in [-0.05, 0) is 30.7 Å². The second-order valence-electron chi connectivity index (χ2n) is 5.57. The van der Waals surface area contributed by atoms with Crippen LogP contribution < -0.4 is 14.8 Å². The molecule has 0 saturated carbocycles. The molecule has 0 radical (unpaired) electrons. The highest BCUT2D eigenvalue weighted by Crippen LogP contribution is 2.35. The lowest BCUT2D eigenvalue weighted by molar-refractivity contribution is -0.143. The van der Waals surface area contributed by atoms with Gasteiger partial charge in [0.2, 0.25) is 0 Å². The third-order valence-corrected chi connectivity index (χ3v) is 4.40. The van der Waals surface area contributed by atoms with Crippen molar-refractivity contribution in [2.24, 2.45) is 0 Å². The summed E-state index contributed by atoms with van der Waals surface area (Å²) in [6.45, 7) is 1.30. The number of carbonyl (C=O) groups excluding carboxylic acids is 4. The first-order valence-electron chi connectivity index (χ1n) is 8.38. The van der Waals surface area contributed by atoms with Gasteiger partial charge in [-0.15, -0.1) is 0 Å². The number of urea groups is 1. The molecule has 1 N–H and O–H groups in total. The highest BCUT2D eigenvalue weighted by Gasteiger charge is 2.35. The fraction of sp³-hybridized carbons (Fsp3) is 0.333. The van der Waals surface area contributed by atoms with Crippen molar-refractivity contribution in [2.75, 3.05) is 34.0 Å². The molecule has 0 atom stereocenters. The molecule has 2 rings (SSSR count). The minimum absolute atomic E-state index is 0.0229. The molecule has 1 aliphatic heterocycles. The Labute approximate surface area is 174 Å². The third kappa shape index (κ3) is 5.47. The van der Waals surface area contributed by atoms with Crippen molar-refractivity contribution in [1.29, 1.82) is 0 Å². The van der Waals surface area contributed by atoms with Gasteiger partial charge in [0.15, 0.2) is 18.1 Å². The average Bonchev–Trinajstić information content (AvgIpc) is 2.96. The van der Waals surface area contributed by atoms with Crippen LogP contribution in [-0.4, -0.2) is 62.8 Å². The molecule has 11 heteroatoms. The Hall–Kier alpha value is -3.08. The predicted molar refractivity (Wildman–Crippen MR) is 103 cm³/mol. The standard InChI is InChI=1S/C18H19BrN2O8/c1-4-28-13-6-10(11(19)7-14(13)29-9-16(23)27-3)5-12-17(24)21(18(25)20-12)8-15(22)26-2/h5-7H,4,8-9H2,1-3H3,(H,20,25)/b12-5+. The van der Waals surface area contributed by atoms with Crippen LogP contribution in [-0.2, 0) is 23.9 Å². The molecule has 0 bridgehead atoms. The maximum Gasteiger partial charge on any atom is 0.343 e. The number of nitrogens with zero attached hydrogens (tertiary/aromatic N) is 1. The zero-order valence-electron chi connectivity index (χ0n) is 15.9.